The average Bonchev–Trinajstić information content (AvgIpc) is 2.05. The molecule has 4 heteroatoms. The van der Waals surface area contributed by atoms with Gasteiger partial charge in [-0.25, -0.2) is 9.97 Å². The molecule has 1 heterocycles. The largest absolute Gasteiger partial charge is 0.384 e. The van der Waals surface area contributed by atoms with E-state index in [0.29, 0.717) is 16.8 Å². The van der Waals surface area contributed by atoms with Gasteiger partial charge in [0.1, 0.15) is 5.60 Å². The van der Waals surface area contributed by atoms with Crippen molar-refractivity contribution in [2.45, 2.75) is 25.9 Å². The van der Waals surface area contributed by atoms with Crippen LogP contribution in [0.5, 0.6) is 0 Å². The van der Waals surface area contributed by atoms with Crippen LogP contribution in [0.3, 0.4) is 0 Å². The van der Waals surface area contributed by atoms with E-state index < -0.39 is 5.60 Å². The SMILES string of the molecule is CCC(C)(O)c1ccnc(Br)n1. The summed E-state index contributed by atoms with van der Waals surface area (Å²) in [5, 5.41) is 9.81. The Morgan fingerprint density at radius 3 is 2.83 bits per heavy atom. The Hall–Kier alpha value is -0.480. The van der Waals surface area contributed by atoms with Gasteiger partial charge in [0.25, 0.3) is 0 Å². The molecule has 12 heavy (non-hydrogen) atoms. The van der Waals surface area contributed by atoms with Gasteiger partial charge in [0.05, 0.1) is 5.69 Å². The fourth-order valence-corrected chi connectivity index (χ4v) is 1.13. The molecule has 1 unspecified atom stereocenters. The van der Waals surface area contributed by atoms with Gasteiger partial charge in [-0.15, -0.1) is 0 Å². The van der Waals surface area contributed by atoms with E-state index in [4.69, 9.17) is 0 Å². The third kappa shape index (κ3) is 2.01. The van der Waals surface area contributed by atoms with Crippen LogP contribution in [0.15, 0.2) is 17.0 Å². The molecule has 0 amide bonds. The molecule has 0 aliphatic carbocycles. The Balaban J connectivity index is 3.03. The molecule has 0 fully saturated rings. The lowest BCUT2D eigenvalue weighted by molar-refractivity contribution is 0.0482. The summed E-state index contributed by atoms with van der Waals surface area (Å²) in [5.74, 6) is 0. The zero-order chi connectivity index (χ0) is 9.19. The predicted octanol–water partition coefficient (Wildman–Crippen LogP) is 1.86. The summed E-state index contributed by atoms with van der Waals surface area (Å²) in [6.45, 7) is 3.65. The molecule has 1 N–H and O–H groups in total. The van der Waals surface area contributed by atoms with Crippen LogP contribution in [0.1, 0.15) is 26.0 Å². The molecular formula is C8H11BrN2O. The maximum absolute atomic E-state index is 9.81. The van der Waals surface area contributed by atoms with E-state index in [2.05, 4.69) is 25.9 Å². The zero-order valence-electron chi connectivity index (χ0n) is 7.08. The van der Waals surface area contributed by atoms with Crippen LogP contribution in [-0.4, -0.2) is 15.1 Å². The van der Waals surface area contributed by atoms with E-state index in [1.54, 1.807) is 19.2 Å². The first-order valence-corrected chi connectivity index (χ1v) is 4.57. The summed E-state index contributed by atoms with van der Waals surface area (Å²) in [5.41, 5.74) is -0.210. The second-order valence-electron chi connectivity index (χ2n) is 2.84. The highest BCUT2D eigenvalue weighted by atomic mass is 79.9. The van der Waals surface area contributed by atoms with E-state index in [0.717, 1.165) is 0 Å². The van der Waals surface area contributed by atoms with Crippen molar-refractivity contribution in [1.82, 2.24) is 9.97 Å². The second-order valence-corrected chi connectivity index (χ2v) is 3.55. The zero-order valence-corrected chi connectivity index (χ0v) is 8.67. The lowest BCUT2D eigenvalue weighted by atomic mass is 9.99. The Kier molecular flexibility index (Phi) is 2.80. The molecular weight excluding hydrogens is 220 g/mol. The van der Waals surface area contributed by atoms with Crippen molar-refractivity contribution in [1.29, 1.82) is 0 Å². The summed E-state index contributed by atoms with van der Waals surface area (Å²) in [6.07, 6.45) is 2.26. The fraction of sp³-hybridized carbons (Fsp3) is 0.500. The summed E-state index contributed by atoms with van der Waals surface area (Å²) in [6, 6.07) is 1.72. The Morgan fingerprint density at radius 1 is 1.67 bits per heavy atom. The molecule has 0 spiro atoms. The first-order valence-electron chi connectivity index (χ1n) is 3.77. The van der Waals surface area contributed by atoms with Crippen LogP contribution in [-0.2, 0) is 5.60 Å². The summed E-state index contributed by atoms with van der Waals surface area (Å²) >= 11 is 3.15. The molecule has 0 saturated heterocycles. The summed E-state index contributed by atoms with van der Waals surface area (Å²) in [7, 11) is 0. The van der Waals surface area contributed by atoms with Gasteiger partial charge in [-0.1, -0.05) is 6.92 Å². The molecule has 1 aromatic heterocycles. The quantitative estimate of drug-likeness (QED) is 0.790. The predicted molar refractivity (Wildman–Crippen MR) is 49.6 cm³/mol. The molecule has 0 radical (unpaired) electrons. The minimum Gasteiger partial charge on any atom is -0.384 e. The molecule has 66 valence electrons. The smallest absolute Gasteiger partial charge is 0.196 e. The van der Waals surface area contributed by atoms with Crippen LogP contribution in [0.2, 0.25) is 0 Å². The van der Waals surface area contributed by atoms with Crippen molar-refractivity contribution < 1.29 is 5.11 Å². The number of hydrogen-bond acceptors (Lipinski definition) is 3. The molecule has 1 atom stereocenters. The van der Waals surface area contributed by atoms with Crippen molar-refractivity contribution in [3.05, 3.63) is 22.7 Å². The third-order valence-electron chi connectivity index (χ3n) is 1.87. The highest BCUT2D eigenvalue weighted by Crippen LogP contribution is 2.22. The van der Waals surface area contributed by atoms with Crippen molar-refractivity contribution in [3.63, 3.8) is 0 Å². The van der Waals surface area contributed by atoms with E-state index in [9.17, 15) is 5.11 Å². The normalized spacial score (nSPS) is 15.7. The molecule has 3 nitrogen and oxygen atoms in total. The highest BCUT2D eigenvalue weighted by molar-refractivity contribution is 9.10. The van der Waals surface area contributed by atoms with Gasteiger partial charge < -0.3 is 5.11 Å². The van der Waals surface area contributed by atoms with E-state index >= 15 is 0 Å². The lowest BCUT2D eigenvalue weighted by Crippen LogP contribution is -2.21. The van der Waals surface area contributed by atoms with Crippen LogP contribution in [0.25, 0.3) is 0 Å². The first-order chi connectivity index (χ1) is 5.56. The number of rotatable bonds is 2. The van der Waals surface area contributed by atoms with Gasteiger partial charge in [-0.3, -0.25) is 0 Å². The van der Waals surface area contributed by atoms with Gasteiger partial charge in [0, 0.05) is 6.20 Å². The van der Waals surface area contributed by atoms with Gasteiger partial charge in [-0.2, -0.15) is 0 Å². The average molecular weight is 231 g/mol. The number of aliphatic hydroxyl groups is 1. The van der Waals surface area contributed by atoms with Gasteiger partial charge in [-0.05, 0) is 35.3 Å². The summed E-state index contributed by atoms with van der Waals surface area (Å²) < 4.78 is 0.508. The van der Waals surface area contributed by atoms with E-state index in [-0.39, 0.29) is 0 Å². The molecule has 0 aliphatic heterocycles. The topological polar surface area (TPSA) is 46.0 Å². The van der Waals surface area contributed by atoms with Crippen molar-refractivity contribution in [2.75, 3.05) is 0 Å². The molecule has 1 aromatic rings. The molecule has 0 aromatic carbocycles. The van der Waals surface area contributed by atoms with Crippen LogP contribution >= 0.6 is 15.9 Å². The minimum atomic E-state index is -0.856. The number of nitrogens with zero attached hydrogens (tertiary/aromatic N) is 2. The first kappa shape index (κ1) is 9.61. The maximum atomic E-state index is 9.81. The lowest BCUT2D eigenvalue weighted by Gasteiger charge is -2.19. The summed E-state index contributed by atoms with van der Waals surface area (Å²) in [4.78, 5) is 7.95. The number of hydrogen-bond donors (Lipinski definition) is 1. The Labute approximate surface area is 80.0 Å². The third-order valence-corrected chi connectivity index (χ3v) is 2.25. The van der Waals surface area contributed by atoms with Crippen molar-refractivity contribution in [2.24, 2.45) is 0 Å². The van der Waals surface area contributed by atoms with Crippen molar-refractivity contribution >= 4 is 15.9 Å². The van der Waals surface area contributed by atoms with Crippen LogP contribution in [0.4, 0.5) is 0 Å². The van der Waals surface area contributed by atoms with E-state index in [1.165, 1.54) is 0 Å². The molecule has 0 saturated carbocycles. The van der Waals surface area contributed by atoms with E-state index in [1.807, 2.05) is 6.92 Å². The highest BCUT2D eigenvalue weighted by Gasteiger charge is 2.22. The molecule has 1 rings (SSSR count). The Morgan fingerprint density at radius 2 is 2.33 bits per heavy atom. The minimum absolute atomic E-state index is 0.508. The molecule has 0 aliphatic rings. The Bertz CT molecular complexity index is 276. The van der Waals surface area contributed by atoms with Gasteiger partial charge in [0.15, 0.2) is 4.73 Å². The maximum Gasteiger partial charge on any atom is 0.196 e. The van der Waals surface area contributed by atoms with Crippen LogP contribution in [0, 0.1) is 0 Å². The van der Waals surface area contributed by atoms with Crippen molar-refractivity contribution in [3.8, 4) is 0 Å². The fourth-order valence-electron chi connectivity index (χ4n) is 0.816. The van der Waals surface area contributed by atoms with Crippen LogP contribution < -0.4 is 0 Å². The number of aromatic nitrogens is 2. The van der Waals surface area contributed by atoms with Gasteiger partial charge >= 0.3 is 0 Å². The van der Waals surface area contributed by atoms with Gasteiger partial charge in [0.2, 0.25) is 0 Å². The standard InChI is InChI=1S/C8H11BrN2O/c1-3-8(2,12)6-4-5-10-7(9)11-6/h4-5,12H,3H2,1-2H3. The molecule has 0 bridgehead atoms. The second kappa shape index (κ2) is 3.49. The number of halogens is 1. The monoisotopic (exact) mass is 230 g/mol.